The van der Waals surface area contributed by atoms with Crippen LogP contribution in [0.4, 0.5) is 0 Å². The number of aliphatic hydroxyl groups excluding tert-OH is 2. The van der Waals surface area contributed by atoms with E-state index in [4.69, 9.17) is 0 Å². The Labute approximate surface area is 281 Å². The maximum absolute atomic E-state index is 12.3. The van der Waals surface area contributed by atoms with Gasteiger partial charge in [0.25, 0.3) is 0 Å². The summed E-state index contributed by atoms with van der Waals surface area (Å²) in [6, 6.07) is -0.638. The van der Waals surface area contributed by atoms with Gasteiger partial charge >= 0.3 is 0 Å². The Balaban J connectivity index is 3.65. The van der Waals surface area contributed by atoms with Crippen molar-refractivity contribution in [3.05, 3.63) is 36.5 Å². The number of amides is 1. The van der Waals surface area contributed by atoms with Crippen LogP contribution < -0.4 is 5.32 Å². The van der Waals surface area contributed by atoms with Crippen molar-refractivity contribution in [2.75, 3.05) is 6.61 Å². The van der Waals surface area contributed by atoms with E-state index in [2.05, 4.69) is 43.5 Å². The monoisotopic (exact) mass is 632 g/mol. The Morgan fingerprint density at radius 1 is 0.511 bits per heavy atom. The van der Waals surface area contributed by atoms with Gasteiger partial charge in [0, 0.05) is 6.42 Å². The summed E-state index contributed by atoms with van der Waals surface area (Å²) in [5.74, 6) is -0.0794. The molecule has 264 valence electrons. The number of unbranched alkanes of at least 4 members (excludes halogenated alkanes) is 24. The highest BCUT2D eigenvalue weighted by Crippen LogP contribution is 2.13. The highest BCUT2D eigenvalue weighted by Gasteiger charge is 2.17. The molecular weight excluding hydrogens is 554 g/mol. The van der Waals surface area contributed by atoms with Crippen LogP contribution in [-0.2, 0) is 4.79 Å². The second-order valence-corrected chi connectivity index (χ2v) is 13.3. The minimum Gasteiger partial charge on any atom is -0.394 e. The summed E-state index contributed by atoms with van der Waals surface area (Å²) < 4.78 is 0. The second kappa shape index (κ2) is 37.1. The molecular formula is C41H77NO3. The predicted molar refractivity (Wildman–Crippen MR) is 198 cm³/mol. The van der Waals surface area contributed by atoms with Gasteiger partial charge in [0.15, 0.2) is 0 Å². The van der Waals surface area contributed by atoms with Gasteiger partial charge in [-0.25, -0.2) is 0 Å². The molecule has 2 unspecified atom stereocenters. The lowest BCUT2D eigenvalue weighted by Crippen LogP contribution is -2.45. The molecule has 2 atom stereocenters. The van der Waals surface area contributed by atoms with Gasteiger partial charge in [-0.15, -0.1) is 0 Å². The van der Waals surface area contributed by atoms with Crippen LogP contribution in [0, 0.1) is 0 Å². The van der Waals surface area contributed by atoms with Crippen molar-refractivity contribution in [1.29, 1.82) is 0 Å². The van der Waals surface area contributed by atoms with E-state index in [9.17, 15) is 15.0 Å². The number of carbonyl (C=O) groups is 1. The van der Waals surface area contributed by atoms with E-state index in [0.717, 1.165) is 32.1 Å². The molecule has 0 bridgehead atoms. The van der Waals surface area contributed by atoms with Crippen LogP contribution in [0.25, 0.3) is 0 Å². The van der Waals surface area contributed by atoms with E-state index in [1.165, 1.54) is 148 Å². The van der Waals surface area contributed by atoms with Gasteiger partial charge in [0.1, 0.15) is 0 Å². The molecule has 45 heavy (non-hydrogen) atoms. The van der Waals surface area contributed by atoms with Crippen molar-refractivity contribution >= 4 is 5.91 Å². The third-order valence-electron chi connectivity index (χ3n) is 8.85. The minimum atomic E-state index is -0.861. The fourth-order valence-corrected chi connectivity index (χ4v) is 5.78. The van der Waals surface area contributed by atoms with Crippen LogP contribution in [0.2, 0.25) is 0 Å². The van der Waals surface area contributed by atoms with E-state index in [1.54, 1.807) is 6.08 Å². The summed E-state index contributed by atoms with van der Waals surface area (Å²) in [4.78, 5) is 12.3. The smallest absolute Gasteiger partial charge is 0.220 e. The average molecular weight is 632 g/mol. The Morgan fingerprint density at radius 2 is 0.867 bits per heavy atom. The van der Waals surface area contributed by atoms with Gasteiger partial charge in [-0.05, 0) is 57.8 Å². The highest BCUT2D eigenvalue weighted by atomic mass is 16.3. The Kier molecular flexibility index (Phi) is 35.9. The zero-order valence-electron chi connectivity index (χ0n) is 30.1. The van der Waals surface area contributed by atoms with Crippen LogP contribution in [0.15, 0.2) is 36.5 Å². The van der Waals surface area contributed by atoms with Crippen LogP contribution in [0.3, 0.4) is 0 Å². The zero-order chi connectivity index (χ0) is 32.9. The first-order valence-corrected chi connectivity index (χ1v) is 19.7. The Bertz CT molecular complexity index is 686. The van der Waals surface area contributed by atoms with Crippen LogP contribution >= 0.6 is 0 Å². The standard InChI is InChI=1S/C41H77NO3/c1-3-5-7-9-11-13-15-17-19-20-21-23-25-27-29-31-33-35-37-41(45)42-39(38-43)40(44)36-34-32-30-28-26-24-22-18-16-14-12-10-8-6-4-2/h19-20,26,28,34,36,39-40,43-44H,3-18,21-25,27,29-33,35,37-38H2,1-2H3,(H,42,45)/b20-19-,28-26+,36-34+. The first kappa shape index (κ1) is 43.6. The fraction of sp³-hybridized carbons (Fsp3) is 0.829. The molecule has 0 rings (SSSR count). The molecule has 4 nitrogen and oxygen atoms in total. The summed E-state index contributed by atoms with van der Waals surface area (Å²) >= 11 is 0. The van der Waals surface area contributed by atoms with E-state index in [-0.39, 0.29) is 12.5 Å². The second-order valence-electron chi connectivity index (χ2n) is 13.3. The predicted octanol–water partition coefficient (Wildman–Crippen LogP) is 11.8. The number of hydrogen-bond acceptors (Lipinski definition) is 3. The summed E-state index contributed by atoms with van der Waals surface area (Å²) in [7, 11) is 0. The van der Waals surface area contributed by atoms with Gasteiger partial charge in [0.05, 0.1) is 18.8 Å². The molecule has 0 heterocycles. The average Bonchev–Trinajstić information content (AvgIpc) is 3.04. The molecule has 0 aromatic rings. The molecule has 0 saturated carbocycles. The third-order valence-corrected chi connectivity index (χ3v) is 8.85. The summed E-state index contributed by atoms with van der Waals surface area (Å²) in [5.41, 5.74) is 0. The van der Waals surface area contributed by atoms with E-state index < -0.39 is 12.1 Å². The molecule has 3 N–H and O–H groups in total. The summed E-state index contributed by atoms with van der Waals surface area (Å²) in [6.07, 6.45) is 48.0. The number of allylic oxidation sites excluding steroid dienone is 5. The zero-order valence-corrected chi connectivity index (χ0v) is 30.1. The lowest BCUT2D eigenvalue weighted by Gasteiger charge is -2.19. The SMILES string of the molecule is CCCCCCCCC/C=C\CCCCCCCCCC(=O)NC(CO)C(O)/C=C/CC/C=C/CCCCCCCCCCC. The molecule has 0 spiro atoms. The number of carbonyl (C=O) groups excluding carboxylic acids is 1. The van der Waals surface area contributed by atoms with Crippen molar-refractivity contribution in [2.24, 2.45) is 0 Å². The quantitative estimate of drug-likeness (QED) is 0.0481. The van der Waals surface area contributed by atoms with E-state index in [0.29, 0.717) is 6.42 Å². The topological polar surface area (TPSA) is 69.6 Å². The van der Waals surface area contributed by atoms with Gasteiger partial charge < -0.3 is 15.5 Å². The number of hydrogen-bond donors (Lipinski definition) is 3. The van der Waals surface area contributed by atoms with E-state index in [1.807, 2.05) is 6.08 Å². The first-order valence-electron chi connectivity index (χ1n) is 19.7. The van der Waals surface area contributed by atoms with Crippen molar-refractivity contribution in [2.45, 2.75) is 212 Å². The van der Waals surface area contributed by atoms with Gasteiger partial charge in [-0.1, -0.05) is 172 Å². The number of aliphatic hydroxyl groups is 2. The summed E-state index contributed by atoms with van der Waals surface area (Å²) in [6.45, 7) is 4.28. The largest absolute Gasteiger partial charge is 0.394 e. The fourth-order valence-electron chi connectivity index (χ4n) is 5.78. The molecule has 0 aliphatic heterocycles. The van der Waals surface area contributed by atoms with E-state index >= 15 is 0 Å². The summed E-state index contributed by atoms with van der Waals surface area (Å²) in [5, 5.41) is 22.9. The number of nitrogens with one attached hydrogen (secondary N) is 1. The van der Waals surface area contributed by atoms with Gasteiger partial charge in [-0.3, -0.25) is 4.79 Å². The van der Waals surface area contributed by atoms with Crippen molar-refractivity contribution in [3.8, 4) is 0 Å². The molecule has 0 aliphatic carbocycles. The molecule has 0 fully saturated rings. The van der Waals surface area contributed by atoms with Crippen molar-refractivity contribution < 1.29 is 15.0 Å². The number of rotatable bonds is 35. The molecule has 0 aromatic carbocycles. The van der Waals surface area contributed by atoms with Crippen molar-refractivity contribution in [3.63, 3.8) is 0 Å². The highest BCUT2D eigenvalue weighted by molar-refractivity contribution is 5.76. The molecule has 0 aromatic heterocycles. The van der Waals surface area contributed by atoms with Gasteiger partial charge in [0.2, 0.25) is 5.91 Å². The van der Waals surface area contributed by atoms with Crippen molar-refractivity contribution in [1.82, 2.24) is 5.32 Å². The Morgan fingerprint density at radius 3 is 1.29 bits per heavy atom. The molecule has 1 amide bonds. The molecule has 0 radical (unpaired) electrons. The lowest BCUT2D eigenvalue weighted by atomic mass is 10.1. The maximum atomic E-state index is 12.3. The van der Waals surface area contributed by atoms with Crippen LogP contribution in [0.5, 0.6) is 0 Å². The molecule has 0 aliphatic rings. The molecule has 4 heteroatoms. The lowest BCUT2D eigenvalue weighted by molar-refractivity contribution is -0.123. The van der Waals surface area contributed by atoms with Gasteiger partial charge in [-0.2, -0.15) is 0 Å². The third kappa shape index (κ3) is 33.8. The maximum Gasteiger partial charge on any atom is 0.220 e. The minimum absolute atomic E-state index is 0.0794. The Hall–Kier alpha value is -1.39. The normalized spacial score (nSPS) is 13.4. The first-order chi connectivity index (χ1) is 22.2. The van der Waals surface area contributed by atoms with Crippen LogP contribution in [-0.4, -0.2) is 34.9 Å². The van der Waals surface area contributed by atoms with Crippen LogP contribution in [0.1, 0.15) is 200 Å². The molecule has 0 saturated heterocycles.